The first-order chi connectivity index (χ1) is 20.9. The van der Waals surface area contributed by atoms with Gasteiger partial charge >= 0.3 is 0 Å². The number of nitrogens with zero attached hydrogens (tertiary/aromatic N) is 4. The molecule has 0 saturated carbocycles. The normalized spacial score (nSPS) is 16.8. The minimum Gasteiger partial charge on any atom is -0.316 e. The molecule has 1 aromatic heterocycles. The van der Waals surface area contributed by atoms with Crippen LogP contribution in [0.25, 0.3) is 5.69 Å². The molecular formula is C30H29Cl2N5O5S2. The van der Waals surface area contributed by atoms with Gasteiger partial charge in [-0.2, -0.15) is 13.7 Å². The molecule has 1 fully saturated rings. The third-order valence-electron chi connectivity index (χ3n) is 7.33. The first-order valence-electron chi connectivity index (χ1n) is 13.5. The molecule has 2 heterocycles. The molecular weight excluding hydrogens is 645 g/mol. The number of carbonyl (C=O) groups excluding carboxylic acids is 1. The molecule has 5 rings (SSSR count). The topological polar surface area (TPSA) is 121 Å². The van der Waals surface area contributed by atoms with E-state index in [2.05, 4.69) is 10.5 Å². The fourth-order valence-corrected chi connectivity index (χ4v) is 8.53. The number of hydrogen-bond donors (Lipinski definition) is 1. The van der Waals surface area contributed by atoms with Gasteiger partial charge in [0.1, 0.15) is 6.04 Å². The summed E-state index contributed by atoms with van der Waals surface area (Å²) >= 11 is 12.6. The molecule has 1 aliphatic rings. The van der Waals surface area contributed by atoms with Gasteiger partial charge in [0.15, 0.2) is 0 Å². The number of aromatic nitrogens is 1. The van der Waals surface area contributed by atoms with Gasteiger partial charge in [-0.15, -0.1) is 0 Å². The lowest BCUT2D eigenvalue weighted by atomic mass is 10.2. The number of amides is 1. The van der Waals surface area contributed by atoms with E-state index >= 15 is 0 Å². The average Bonchev–Trinajstić information content (AvgIpc) is 3.30. The molecule has 1 atom stereocenters. The third kappa shape index (κ3) is 6.32. The lowest BCUT2D eigenvalue weighted by molar-refractivity contribution is -0.125. The smallest absolute Gasteiger partial charge is 0.259 e. The number of benzene rings is 3. The molecule has 1 N–H and O–H groups in total. The van der Waals surface area contributed by atoms with E-state index in [1.54, 1.807) is 54.6 Å². The Hall–Kier alpha value is -3.52. The molecule has 1 saturated heterocycles. The number of aryl methyl sites for hydroxylation is 1. The SMILES string of the molecule is Cc1cc(/C=N/NC(=O)C2CN(S(=O)(=O)c3ccccc3)CCN2S(=O)(=O)c2ccccc2)c(C)n1-c1cc(Cl)ccc1Cl. The number of hydrogen-bond acceptors (Lipinski definition) is 6. The maximum Gasteiger partial charge on any atom is 0.259 e. The molecule has 1 unspecified atom stereocenters. The Morgan fingerprint density at radius 3 is 2.11 bits per heavy atom. The number of halogens is 2. The summed E-state index contributed by atoms with van der Waals surface area (Å²) < 4.78 is 58.1. The van der Waals surface area contributed by atoms with E-state index in [1.807, 2.05) is 24.5 Å². The zero-order valence-corrected chi connectivity index (χ0v) is 26.9. The molecule has 4 aromatic rings. The molecule has 1 amide bonds. The highest BCUT2D eigenvalue weighted by molar-refractivity contribution is 7.89. The van der Waals surface area contributed by atoms with Gasteiger partial charge in [-0.1, -0.05) is 59.6 Å². The molecule has 0 spiro atoms. The maximum atomic E-state index is 13.6. The number of sulfonamides is 2. The summed E-state index contributed by atoms with van der Waals surface area (Å²) in [5.41, 5.74) is 5.40. The number of rotatable bonds is 8. The highest BCUT2D eigenvalue weighted by Crippen LogP contribution is 2.29. The van der Waals surface area contributed by atoms with Gasteiger partial charge in [0, 0.05) is 41.6 Å². The van der Waals surface area contributed by atoms with Gasteiger partial charge in [-0.25, -0.2) is 22.3 Å². The first kappa shape index (κ1) is 31.9. The van der Waals surface area contributed by atoms with Crippen molar-refractivity contribution in [3.8, 4) is 5.69 Å². The van der Waals surface area contributed by atoms with Crippen molar-refractivity contribution in [3.63, 3.8) is 0 Å². The van der Waals surface area contributed by atoms with Crippen LogP contribution in [0.15, 0.2) is 99.8 Å². The van der Waals surface area contributed by atoms with Gasteiger partial charge in [-0.3, -0.25) is 4.79 Å². The number of carbonyl (C=O) groups is 1. The standard InChI is InChI=1S/C30H29Cl2N5O5S2/c1-21-17-23(22(2)37(21)28-18-24(31)13-14-27(28)32)19-33-34-30(38)29-20-35(43(39,40)25-9-5-3-6-10-25)15-16-36(29)44(41,42)26-11-7-4-8-12-26/h3-14,17-19,29H,15-16,20H2,1-2H3,(H,34,38)/b33-19+. The van der Waals surface area contributed by atoms with Crippen LogP contribution in [0, 0.1) is 13.8 Å². The van der Waals surface area contributed by atoms with Crippen LogP contribution >= 0.6 is 23.2 Å². The van der Waals surface area contributed by atoms with E-state index in [9.17, 15) is 21.6 Å². The summed E-state index contributed by atoms with van der Waals surface area (Å²) in [6.45, 7) is 2.98. The first-order valence-corrected chi connectivity index (χ1v) is 17.1. The van der Waals surface area contributed by atoms with Crippen molar-refractivity contribution >= 4 is 55.4 Å². The van der Waals surface area contributed by atoms with Crippen LogP contribution in [0.5, 0.6) is 0 Å². The molecule has 14 heteroatoms. The van der Waals surface area contributed by atoms with Crippen LogP contribution in [0.4, 0.5) is 0 Å². The van der Waals surface area contributed by atoms with Gasteiger partial charge in [-0.05, 0) is 62.4 Å². The zero-order valence-electron chi connectivity index (χ0n) is 23.8. The Labute approximate surface area is 266 Å². The molecule has 1 aliphatic heterocycles. The second-order valence-electron chi connectivity index (χ2n) is 10.1. The average molecular weight is 675 g/mol. The molecule has 10 nitrogen and oxygen atoms in total. The minimum absolute atomic E-state index is 0.00668. The van der Waals surface area contributed by atoms with Crippen LogP contribution in [-0.2, 0) is 24.8 Å². The van der Waals surface area contributed by atoms with E-state index in [4.69, 9.17) is 23.2 Å². The Morgan fingerprint density at radius 1 is 0.864 bits per heavy atom. The summed E-state index contributed by atoms with van der Waals surface area (Å²) in [6, 6.07) is 21.1. The molecule has 3 aromatic carbocycles. The van der Waals surface area contributed by atoms with Crippen LogP contribution in [0.3, 0.4) is 0 Å². The summed E-state index contributed by atoms with van der Waals surface area (Å²) in [7, 11) is -8.14. The monoisotopic (exact) mass is 673 g/mol. The lowest BCUT2D eigenvalue weighted by Crippen LogP contribution is -2.60. The minimum atomic E-state index is -4.14. The molecule has 44 heavy (non-hydrogen) atoms. The van der Waals surface area contributed by atoms with Crippen LogP contribution in [0.1, 0.15) is 17.0 Å². The van der Waals surface area contributed by atoms with Crippen LogP contribution in [-0.4, -0.2) is 67.8 Å². The van der Waals surface area contributed by atoms with Gasteiger partial charge in [0.05, 0.1) is 26.7 Å². The van der Waals surface area contributed by atoms with Crippen molar-refractivity contribution in [2.75, 3.05) is 19.6 Å². The Kier molecular flexibility index (Phi) is 9.30. The van der Waals surface area contributed by atoms with E-state index in [-0.39, 0.29) is 22.9 Å². The zero-order chi connectivity index (χ0) is 31.6. The number of nitrogens with one attached hydrogen (secondary N) is 1. The Morgan fingerprint density at radius 2 is 1.48 bits per heavy atom. The fraction of sp³-hybridized carbons (Fsp3) is 0.200. The predicted molar refractivity (Wildman–Crippen MR) is 170 cm³/mol. The van der Waals surface area contributed by atoms with E-state index in [0.29, 0.717) is 21.3 Å². The summed E-state index contributed by atoms with van der Waals surface area (Å²) in [6.07, 6.45) is 1.44. The van der Waals surface area contributed by atoms with Crippen molar-refractivity contribution in [1.29, 1.82) is 0 Å². The molecule has 230 valence electrons. The largest absolute Gasteiger partial charge is 0.316 e. The van der Waals surface area contributed by atoms with Crippen molar-refractivity contribution in [3.05, 3.63) is 112 Å². The third-order valence-corrected chi connectivity index (χ3v) is 11.7. The van der Waals surface area contributed by atoms with Crippen molar-refractivity contribution < 1.29 is 21.6 Å². The Bertz CT molecular complexity index is 1930. The number of piperazine rings is 1. The van der Waals surface area contributed by atoms with E-state index in [0.717, 1.165) is 20.0 Å². The lowest BCUT2D eigenvalue weighted by Gasteiger charge is -2.38. The molecule has 0 radical (unpaired) electrons. The summed E-state index contributed by atoms with van der Waals surface area (Å²) in [4.78, 5) is 13.6. The van der Waals surface area contributed by atoms with Crippen molar-refractivity contribution in [2.24, 2.45) is 5.10 Å². The highest BCUT2D eigenvalue weighted by atomic mass is 35.5. The molecule has 0 aliphatic carbocycles. The van der Waals surface area contributed by atoms with Gasteiger partial charge in [0.2, 0.25) is 20.0 Å². The predicted octanol–water partition coefficient (Wildman–Crippen LogP) is 4.62. The van der Waals surface area contributed by atoms with Crippen LogP contribution < -0.4 is 5.43 Å². The second kappa shape index (κ2) is 12.8. The summed E-state index contributed by atoms with van der Waals surface area (Å²) in [5.74, 6) is -0.777. The van der Waals surface area contributed by atoms with Gasteiger partial charge < -0.3 is 4.57 Å². The van der Waals surface area contributed by atoms with Gasteiger partial charge in [0.25, 0.3) is 5.91 Å². The van der Waals surface area contributed by atoms with Crippen molar-refractivity contribution in [2.45, 2.75) is 29.7 Å². The maximum absolute atomic E-state index is 13.6. The van der Waals surface area contributed by atoms with E-state index in [1.165, 1.54) is 30.5 Å². The second-order valence-corrected chi connectivity index (χ2v) is 14.8. The highest BCUT2D eigenvalue weighted by Gasteiger charge is 2.43. The summed E-state index contributed by atoms with van der Waals surface area (Å²) in [5, 5.41) is 5.13. The quantitative estimate of drug-likeness (QED) is 0.216. The van der Waals surface area contributed by atoms with Crippen LogP contribution in [0.2, 0.25) is 10.0 Å². The van der Waals surface area contributed by atoms with Crippen molar-refractivity contribution in [1.82, 2.24) is 18.6 Å². The fourth-order valence-electron chi connectivity index (χ4n) is 5.12. The van der Waals surface area contributed by atoms with E-state index < -0.39 is 38.5 Å². The molecule has 0 bridgehead atoms. The number of hydrazone groups is 1. The Balaban J connectivity index is 1.43.